The highest BCUT2D eigenvalue weighted by Gasteiger charge is 2.42. The number of carbonyl (C=O) groups excluding carboxylic acids is 2. The predicted molar refractivity (Wildman–Crippen MR) is 133 cm³/mol. The minimum atomic E-state index is -1.15. The number of nitrogens with zero attached hydrogens (tertiary/aromatic N) is 8. The van der Waals surface area contributed by atoms with Crippen LogP contribution in [0.2, 0.25) is 0 Å². The van der Waals surface area contributed by atoms with Crippen molar-refractivity contribution in [2.24, 2.45) is 0 Å². The highest BCUT2D eigenvalue weighted by atomic mass is 16.6. The number of carboxylic acid groups (broad SMARTS) is 1. The molecule has 0 spiro atoms. The largest absolute Gasteiger partial charge is 0.465 e. The van der Waals surface area contributed by atoms with E-state index in [1.807, 2.05) is 25.8 Å². The molecule has 0 saturated heterocycles. The Morgan fingerprint density at radius 2 is 1.95 bits per heavy atom. The van der Waals surface area contributed by atoms with Gasteiger partial charge in [0.15, 0.2) is 5.82 Å². The third-order valence-corrected chi connectivity index (χ3v) is 6.58. The maximum Gasteiger partial charge on any atom is 0.410 e. The molecule has 0 aromatic carbocycles. The Morgan fingerprint density at radius 3 is 2.57 bits per heavy atom. The minimum Gasteiger partial charge on any atom is -0.465 e. The van der Waals surface area contributed by atoms with Gasteiger partial charge in [-0.2, -0.15) is 0 Å². The fourth-order valence-corrected chi connectivity index (χ4v) is 4.37. The number of amides is 3. The second kappa shape index (κ2) is 9.52. The Hall–Kier alpha value is -3.90. The van der Waals surface area contributed by atoms with Crippen molar-refractivity contribution in [3.05, 3.63) is 35.0 Å². The van der Waals surface area contributed by atoms with E-state index in [-0.39, 0.29) is 38.1 Å². The van der Waals surface area contributed by atoms with E-state index in [0.717, 1.165) is 0 Å². The Labute approximate surface area is 215 Å². The Balaban J connectivity index is 1.70. The fraction of sp³-hybridized carbons (Fsp3) is 0.583. The van der Waals surface area contributed by atoms with Gasteiger partial charge in [-0.1, -0.05) is 0 Å². The molecule has 4 rings (SSSR count). The van der Waals surface area contributed by atoms with E-state index in [2.05, 4.69) is 10.2 Å². The predicted octanol–water partition coefficient (Wildman–Crippen LogP) is 2.36. The zero-order chi connectivity index (χ0) is 27.2. The van der Waals surface area contributed by atoms with Crippen LogP contribution in [0.1, 0.15) is 62.1 Å². The van der Waals surface area contributed by atoms with Crippen molar-refractivity contribution in [3.8, 4) is 0 Å². The molecule has 1 N–H and O–H groups in total. The summed E-state index contributed by atoms with van der Waals surface area (Å²) >= 11 is 0. The highest BCUT2D eigenvalue weighted by Crippen LogP contribution is 2.33. The van der Waals surface area contributed by atoms with Crippen LogP contribution in [0.25, 0.3) is 0 Å². The van der Waals surface area contributed by atoms with E-state index < -0.39 is 24.0 Å². The van der Waals surface area contributed by atoms with Gasteiger partial charge in [-0.25, -0.2) is 14.6 Å². The Bertz CT molecular complexity index is 1220. The van der Waals surface area contributed by atoms with Gasteiger partial charge in [0.2, 0.25) is 0 Å². The summed E-state index contributed by atoms with van der Waals surface area (Å²) in [4.78, 5) is 49.5. The molecule has 2 aromatic heterocycles. The van der Waals surface area contributed by atoms with Gasteiger partial charge < -0.3 is 29.1 Å². The summed E-state index contributed by atoms with van der Waals surface area (Å²) in [6, 6.07) is 1.86. The van der Waals surface area contributed by atoms with Gasteiger partial charge in [-0.05, 0) is 40.7 Å². The summed E-state index contributed by atoms with van der Waals surface area (Å²) in [6.07, 6.45) is -0.862. The summed E-state index contributed by atoms with van der Waals surface area (Å²) in [5, 5.41) is 17.8. The maximum atomic E-state index is 13.7. The first-order valence-electron chi connectivity index (χ1n) is 12.1. The van der Waals surface area contributed by atoms with E-state index >= 15 is 0 Å². The van der Waals surface area contributed by atoms with Crippen LogP contribution in [0.15, 0.2) is 12.4 Å². The zero-order valence-corrected chi connectivity index (χ0v) is 22.3. The fourth-order valence-electron chi connectivity index (χ4n) is 4.37. The molecule has 0 fully saturated rings. The number of fused-ring (bicyclic) bond motifs is 2. The molecule has 13 heteroatoms. The molecule has 2 aliphatic heterocycles. The number of rotatable bonds is 5. The second-order valence-electron chi connectivity index (χ2n) is 10.7. The maximum absolute atomic E-state index is 13.7. The lowest BCUT2D eigenvalue weighted by Gasteiger charge is -2.39. The van der Waals surface area contributed by atoms with Crippen molar-refractivity contribution in [2.45, 2.75) is 78.6 Å². The van der Waals surface area contributed by atoms with Gasteiger partial charge in [0, 0.05) is 25.7 Å². The monoisotopic (exact) mass is 514 g/mol. The molecule has 0 saturated carbocycles. The number of carbonyl (C=O) groups is 3. The second-order valence-corrected chi connectivity index (χ2v) is 10.7. The van der Waals surface area contributed by atoms with Crippen LogP contribution >= 0.6 is 0 Å². The zero-order valence-electron chi connectivity index (χ0n) is 22.3. The number of pyridine rings is 1. The van der Waals surface area contributed by atoms with Gasteiger partial charge in [-0.3, -0.25) is 9.69 Å². The number of anilines is 1. The summed E-state index contributed by atoms with van der Waals surface area (Å²) in [5.41, 5.74) is 1.02. The number of hydrogen-bond acceptors (Lipinski definition) is 8. The SMILES string of the molecule is CC(C)N(C)c1cc2c(c(CN(C)C(=O)OC(C)(C)C)n1)CN(C1Cn3cnnc3CN1C(=O)O)C2=O. The van der Waals surface area contributed by atoms with Crippen LogP contribution in [0, 0.1) is 0 Å². The molecule has 4 heterocycles. The molecule has 0 bridgehead atoms. The number of ether oxygens (including phenoxy) is 1. The standard InChI is InChI=1S/C24H34N8O5/c1-14(2)29(7)18-8-15-16(17(26-18)10-28(6)23(36)37-24(3,4)5)9-31(21(15)33)20-12-30-13-25-27-19(30)11-32(20)22(34)35/h8,13-14,20H,9-12H2,1-7H3,(H,34,35). The number of hydrogen-bond donors (Lipinski definition) is 1. The van der Waals surface area contributed by atoms with Gasteiger partial charge in [0.05, 0.1) is 37.4 Å². The van der Waals surface area contributed by atoms with Crippen LogP contribution in [0.4, 0.5) is 15.4 Å². The first-order valence-corrected chi connectivity index (χ1v) is 12.1. The van der Waals surface area contributed by atoms with E-state index in [1.165, 1.54) is 16.1 Å². The average molecular weight is 515 g/mol. The van der Waals surface area contributed by atoms with Crippen molar-refractivity contribution >= 4 is 23.9 Å². The first-order chi connectivity index (χ1) is 17.3. The van der Waals surface area contributed by atoms with E-state index in [9.17, 15) is 19.5 Å². The molecule has 2 aliphatic rings. The summed E-state index contributed by atoms with van der Waals surface area (Å²) in [5.74, 6) is 0.825. The molecule has 1 unspecified atom stereocenters. The lowest BCUT2D eigenvalue weighted by Crippen LogP contribution is -2.55. The van der Waals surface area contributed by atoms with Crippen LogP contribution in [0.5, 0.6) is 0 Å². The highest BCUT2D eigenvalue weighted by molar-refractivity contribution is 5.99. The van der Waals surface area contributed by atoms with E-state index in [0.29, 0.717) is 28.5 Å². The van der Waals surface area contributed by atoms with Crippen molar-refractivity contribution in [3.63, 3.8) is 0 Å². The molecule has 3 amide bonds. The normalized spacial score (nSPS) is 17.1. The third-order valence-electron chi connectivity index (χ3n) is 6.58. The molecule has 13 nitrogen and oxygen atoms in total. The average Bonchev–Trinajstić information content (AvgIpc) is 3.40. The smallest absolute Gasteiger partial charge is 0.410 e. The molecule has 200 valence electrons. The van der Waals surface area contributed by atoms with E-state index in [4.69, 9.17) is 9.72 Å². The van der Waals surface area contributed by atoms with Crippen LogP contribution < -0.4 is 4.90 Å². The lowest BCUT2D eigenvalue weighted by atomic mass is 10.1. The molecule has 1 atom stereocenters. The molecule has 2 aromatic rings. The Morgan fingerprint density at radius 1 is 1.24 bits per heavy atom. The third kappa shape index (κ3) is 5.16. The van der Waals surface area contributed by atoms with Crippen molar-refractivity contribution in [1.29, 1.82) is 0 Å². The summed E-state index contributed by atoms with van der Waals surface area (Å²) < 4.78 is 7.25. The minimum absolute atomic E-state index is 0.0218. The number of aromatic nitrogens is 4. The lowest BCUT2D eigenvalue weighted by molar-refractivity contribution is 0.0147. The van der Waals surface area contributed by atoms with Crippen molar-refractivity contribution in [1.82, 2.24) is 34.4 Å². The molecular weight excluding hydrogens is 480 g/mol. The van der Waals surface area contributed by atoms with Gasteiger partial charge in [-0.15, -0.1) is 10.2 Å². The Kier molecular flexibility index (Phi) is 6.74. The molecule has 0 aliphatic carbocycles. The summed E-state index contributed by atoms with van der Waals surface area (Å²) in [6.45, 7) is 9.94. The quantitative estimate of drug-likeness (QED) is 0.637. The van der Waals surface area contributed by atoms with Crippen LogP contribution in [-0.2, 0) is 30.9 Å². The van der Waals surface area contributed by atoms with Crippen molar-refractivity contribution in [2.75, 3.05) is 19.0 Å². The summed E-state index contributed by atoms with van der Waals surface area (Å²) in [7, 11) is 3.51. The first kappa shape index (κ1) is 26.2. The van der Waals surface area contributed by atoms with Crippen LogP contribution in [-0.4, -0.2) is 89.6 Å². The topological polar surface area (TPSA) is 137 Å². The van der Waals surface area contributed by atoms with Gasteiger partial charge in [0.25, 0.3) is 5.91 Å². The molecule has 37 heavy (non-hydrogen) atoms. The molecular formula is C24H34N8O5. The van der Waals surface area contributed by atoms with E-state index in [1.54, 1.807) is 43.4 Å². The molecule has 0 radical (unpaired) electrons. The van der Waals surface area contributed by atoms with Gasteiger partial charge in [0.1, 0.15) is 23.9 Å². The van der Waals surface area contributed by atoms with Crippen molar-refractivity contribution < 1.29 is 24.2 Å². The van der Waals surface area contributed by atoms with Crippen LogP contribution in [0.3, 0.4) is 0 Å². The van der Waals surface area contributed by atoms with Gasteiger partial charge >= 0.3 is 12.2 Å².